The van der Waals surface area contributed by atoms with Gasteiger partial charge in [-0.1, -0.05) is 12.1 Å². The molecule has 17 heavy (non-hydrogen) atoms. The van der Waals surface area contributed by atoms with Crippen molar-refractivity contribution in [2.24, 2.45) is 0 Å². The van der Waals surface area contributed by atoms with Gasteiger partial charge in [-0.3, -0.25) is 4.90 Å². The van der Waals surface area contributed by atoms with Crippen molar-refractivity contribution in [3.63, 3.8) is 0 Å². The lowest BCUT2D eigenvalue weighted by Gasteiger charge is -2.31. The number of ether oxygens (including phenoxy) is 2. The molecular weight excluding hydrogens is 218 g/mol. The van der Waals surface area contributed by atoms with Gasteiger partial charge in [0.05, 0.1) is 19.8 Å². The molecule has 0 saturated carbocycles. The summed E-state index contributed by atoms with van der Waals surface area (Å²) in [5.74, 6) is 0.776. The van der Waals surface area contributed by atoms with Gasteiger partial charge in [-0.15, -0.1) is 0 Å². The second kappa shape index (κ2) is 5.38. The first-order chi connectivity index (χ1) is 8.20. The molecule has 1 saturated heterocycles. The van der Waals surface area contributed by atoms with Gasteiger partial charge in [0, 0.05) is 25.2 Å². The summed E-state index contributed by atoms with van der Waals surface area (Å²) in [6.45, 7) is 5.36. The van der Waals surface area contributed by atoms with Crippen molar-refractivity contribution >= 4 is 0 Å². The van der Waals surface area contributed by atoms with Gasteiger partial charge < -0.3 is 14.6 Å². The molecular formula is C13H19NO3. The molecule has 94 valence electrons. The maximum absolute atomic E-state index is 10.0. The standard InChI is InChI=1S/C13H19NO3/c1-10-8-14(6-7-17-10)9-11-4-3-5-12(16-2)13(11)15/h3-5,10,15H,6-9H2,1-2H3. The normalized spacial score (nSPS) is 21.4. The van der Waals surface area contributed by atoms with Crippen molar-refractivity contribution in [1.29, 1.82) is 0 Å². The zero-order valence-electron chi connectivity index (χ0n) is 10.3. The lowest BCUT2D eigenvalue weighted by atomic mass is 10.1. The van der Waals surface area contributed by atoms with Crippen molar-refractivity contribution in [1.82, 2.24) is 4.90 Å². The molecule has 4 nitrogen and oxygen atoms in total. The van der Waals surface area contributed by atoms with Crippen LogP contribution >= 0.6 is 0 Å². The summed E-state index contributed by atoms with van der Waals surface area (Å²) >= 11 is 0. The van der Waals surface area contributed by atoms with E-state index >= 15 is 0 Å². The van der Waals surface area contributed by atoms with Gasteiger partial charge in [-0.05, 0) is 13.0 Å². The number of para-hydroxylation sites is 1. The SMILES string of the molecule is COc1cccc(CN2CCOC(C)C2)c1O. The van der Waals surface area contributed by atoms with Crippen molar-refractivity contribution in [3.8, 4) is 11.5 Å². The van der Waals surface area contributed by atoms with Crippen LogP contribution in [0.3, 0.4) is 0 Å². The van der Waals surface area contributed by atoms with Crippen LogP contribution < -0.4 is 4.74 Å². The van der Waals surface area contributed by atoms with Gasteiger partial charge in [-0.25, -0.2) is 0 Å². The molecule has 0 amide bonds. The fraction of sp³-hybridized carbons (Fsp3) is 0.538. The van der Waals surface area contributed by atoms with Gasteiger partial charge in [0.25, 0.3) is 0 Å². The van der Waals surface area contributed by atoms with E-state index in [-0.39, 0.29) is 11.9 Å². The number of nitrogens with zero attached hydrogens (tertiary/aromatic N) is 1. The number of benzene rings is 1. The summed E-state index contributed by atoms with van der Waals surface area (Å²) in [6, 6.07) is 5.59. The van der Waals surface area contributed by atoms with Gasteiger partial charge in [0.15, 0.2) is 11.5 Å². The van der Waals surface area contributed by atoms with Crippen LogP contribution in [0.1, 0.15) is 12.5 Å². The molecule has 0 spiro atoms. The minimum Gasteiger partial charge on any atom is -0.504 e. The van der Waals surface area contributed by atoms with E-state index in [1.807, 2.05) is 12.1 Å². The Labute approximate surface area is 102 Å². The van der Waals surface area contributed by atoms with E-state index in [1.54, 1.807) is 13.2 Å². The molecule has 1 heterocycles. The molecule has 0 aliphatic carbocycles. The number of aromatic hydroxyl groups is 1. The minimum atomic E-state index is 0.245. The monoisotopic (exact) mass is 237 g/mol. The molecule has 0 radical (unpaired) electrons. The van der Waals surface area contributed by atoms with Crippen molar-refractivity contribution in [2.45, 2.75) is 19.6 Å². The van der Waals surface area contributed by atoms with E-state index in [1.165, 1.54) is 0 Å². The number of methoxy groups -OCH3 is 1. The van der Waals surface area contributed by atoms with Gasteiger partial charge in [0.2, 0.25) is 0 Å². The maximum Gasteiger partial charge on any atom is 0.162 e. The molecule has 1 atom stereocenters. The summed E-state index contributed by atoms with van der Waals surface area (Å²) in [4.78, 5) is 2.28. The molecule has 0 aromatic heterocycles. The summed E-state index contributed by atoms with van der Waals surface area (Å²) in [5, 5.41) is 10.0. The van der Waals surface area contributed by atoms with E-state index in [9.17, 15) is 5.11 Å². The first-order valence-electron chi connectivity index (χ1n) is 5.89. The lowest BCUT2D eigenvalue weighted by molar-refractivity contribution is -0.0214. The molecule has 1 aromatic rings. The van der Waals surface area contributed by atoms with E-state index in [0.29, 0.717) is 5.75 Å². The number of hydrogen-bond donors (Lipinski definition) is 1. The fourth-order valence-electron chi connectivity index (χ4n) is 2.14. The molecule has 1 aliphatic rings. The highest BCUT2D eigenvalue weighted by Gasteiger charge is 2.18. The molecule has 2 rings (SSSR count). The Morgan fingerprint density at radius 2 is 2.35 bits per heavy atom. The fourth-order valence-corrected chi connectivity index (χ4v) is 2.14. The predicted octanol–water partition coefficient (Wildman–Crippen LogP) is 1.62. The third kappa shape index (κ3) is 2.90. The number of morpholine rings is 1. The Balaban J connectivity index is 2.07. The van der Waals surface area contributed by atoms with E-state index < -0.39 is 0 Å². The molecule has 1 fully saturated rings. The third-order valence-corrected chi connectivity index (χ3v) is 3.02. The van der Waals surface area contributed by atoms with Crippen LogP contribution in [-0.2, 0) is 11.3 Å². The third-order valence-electron chi connectivity index (χ3n) is 3.02. The zero-order chi connectivity index (χ0) is 12.3. The second-order valence-electron chi connectivity index (χ2n) is 4.38. The van der Waals surface area contributed by atoms with Crippen molar-refractivity contribution in [2.75, 3.05) is 26.8 Å². The van der Waals surface area contributed by atoms with Gasteiger partial charge in [-0.2, -0.15) is 0 Å². The smallest absolute Gasteiger partial charge is 0.162 e. The Kier molecular flexibility index (Phi) is 3.86. The summed E-state index contributed by atoms with van der Waals surface area (Å²) < 4.78 is 10.6. The Bertz CT molecular complexity index is 381. The highest BCUT2D eigenvalue weighted by Crippen LogP contribution is 2.30. The largest absolute Gasteiger partial charge is 0.504 e. The summed E-state index contributed by atoms with van der Waals surface area (Å²) in [7, 11) is 1.57. The van der Waals surface area contributed by atoms with Gasteiger partial charge >= 0.3 is 0 Å². The van der Waals surface area contributed by atoms with E-state index in [0.717, 1.165) is 31.8 Å². The predicted molar refractivity (Wildman–Crippen MR) is 65.3 cm³/mol. The van der Waals surface area contributed by atoms with Crippen molar-refractivity contribution < 1.29 is 14.6 Å². The van der Waals surface area contributed by atoms with Crippen LogP contribution in [0, 0.1) is 0 Å². The second-order valence-corrected chi connectivity index (χ2v) is 4.38. The molecule has 1 unspecified atom stereocenters. The number of phenols is 1. The highest BCUT2D eigenvalue weighted by molar-refractivity contribution is 5.45. The Hall–Kier alpha value is -1.26. The van der Waals surface area contributed by atoms with Crippen LogP contribution in [0.2, 0.25) is 0 Å². The first-order valence-corrected chi connectivity index (χ1v) is 5.89. The number of rotatable bonds is 3. The van der Waals surface area contributed by atoms with Crippen LogP contribution in [0.5, 0.6) is 11.5 Å². The minimum absolute atomic E-state index is 0.245. The van der Waals surface area contributed by atoms with Gasteiger partial charge in [0.1, 0.15) is 0 Å². The Morgan fingerprint density at radius 1 is 1.53 bits per heavy atom. The number of hydrogen-bond acceptors (Lipinski definition) is 4. The molecule has 4 heteroatoms. The lowest BCUT2D eigenvalue weighted by Crippen LogP contribution is -2.40. The van der Waals surface area contributed by atoms with Crippen LogP contribution in [0.4, 0.5) is 0 Å². The van der Waals surface area contributed by atoms with Crippen molar-refractivity contribution in [3.05, 3.63) is 23.8 Å². The van der Waals surface area contributed by atoms with Crippen LogP contribution in [0.25, 0.3) is 0 Å². The first kappa shape index (κ1) is 12.2. The topological polar surface area (TPSA) is 41.9 Å². The van der Waals surface area contributed by atoms with E-state index in [2.05, 4.69) is 11.8 Å². The average molecular weight is 237 g/mol. The molecule has 1 aliphatic heterocycles. The molecule has 1 N–H and O–H groups in total. The van der Waals surface area contributed by atoms with Crippen LogP contribution in [0.15, 0.2) is 18.2 Å². The van der Waals surface area contributed by atoms with E-state index in [4.69, 9.17) is 9.47 Å². The average Bonchev–Trinajstić information content (AvgIpc) is 2.32. The van der Waals surface area contributed by atoms with Crippen LogP contribution in [-0.4, -0.2) is 42.9 Å². The summed E-state index contributed by atoms with van der Waals surface area (Å²) in [6.07, 6.45) is 0.261. The molecule has 0 bridgehead atoms. The highest BCUT2D eigenvalue weighted by atomic mass is 16.5. The number of phenolic OH excluding ortho intramolecular Hbond substituents is 1. The quantitative estimate of drug-likeness (QED) is 0.867. The zero-order valence-corrected chi connectivity index (χ0v) is 10.3. The summed E-state index contributed by atoms with van der Waals surface area (Å²) in [5.41, 5.74) is 0.901. The molecule has 1 aromatic carbocycles. The maximum atomic E-state index is 10.0. The Morgan fingerprint density at radius 3 is 3.06 bits per heavy atom.